The van der Waals surface area contributed by atoms with Gasteiger partial charge in [0.05, 0.1) is 35.9 Å². The Balaban J connectivity index is 1.77. The van der Waals surface area contributed by atoms with E-state index in [1.807, 2.05) is 48.7 Å². The van der Waals surface area contributed by atoms with E-state index >= 15 is 0 Å². The van der Waals surface area contributed by atoms with E-state index in [1.54, 1.807) is 43.8 Å². The highest BCUT2D eigenvalue weighted by Crippen LogP contribution is 2.31. The van der Waals surface area contributed by atoms with Crippen molar-refractivity contribution in [2.45, 2.75) is 6.92 Å². The summed E-state index contributed by atoms with van der Waals surface area (Å²) in [6.07, 6.45) is 0. The summed E-state index contributed by atoms with van der Waals surface area (Å²) in [7, 11) is 3.14. The van der Waals surface area contributed by atoms with Crippen LogP contribution in [0.2, 0.25) is 0 Å². The van der Waals surface area contributed by atoms with Crippen molar-refractivity contribution in [2.75, 3.05) is 19.5 Å². The molecule has 0 fully saturated rings. The van der Waals surface area contributed by atoms with Crippen molar-refractivity contribution in [1.82, 2.24) is 4.98 Å². The summed E-state index contributed by atoms with van der Waals surface area (Å²) in [4.78, 5) is 19.0. The van der Waals surface area contributed by atoms with E-state index in [4.69, 9.17) is 14.5 Å². The third-order valence-electron chi connectivity index (χ3n) is 4.62. The number of benzene rings is 2. The van der Waals surface area contributed by atoms with Crippen molar-refractivity contribution in [3.8, 4) is 22.1 Å². The Kier molecular flexibility index (Phi) is 5.18. The van der Waals surface area contributed by atoms with Gasteiger partial charge < -0.3 is 14.8 Å². The quantitative estimate of drug-likeness (QED) is 0.474. The second-order valence-corrected chi connectivity index (χ2v) is 7.52. The molecule has 0 radical (unpaired) electrons. The smallest absolute Gasteiger partial charge is 0.256 e. The number of pyridine rings is 1. The lowest BCUT2D eigenvalue weighted by Gasteiger charge is -2.13. The molecule has 5 nitrogen and oxygen atoms in total. The van der Waals surface area contributed by atoms with Gasteiger partial charge in [0.2, 0.25) is 0 Å². The van der Waals surface area contributed by atoms with Crippen LogP contribution in [0.4, 0.5) is 5.69 Å². The summed E-state index contributed by atoms with van der Waals surface area (Å²) < 4.78 is 10.6. The Hall–Kier alpha value is -3.38. The number of rotatable bonds is 5. The molecule has 4 aromatic rings. The molecule has 1 N–H and O–H groups in total. The van der Waals surface area contributed by atoms with Crippen LogP contribution < -0.4 is 14.8 Å². The van der Waals surface area contributed by atoms with Crippen LogP contribution in [0.25, 0.3) is 21.5 Å². The third-order valence-corrected chi connectivity index (χ3v) is 5.52. The highest BCUT2D eigenvalue weighted by molar-refractivity contribution is 7.13. The van der Waals surface area contributed by atoms with Crippen molar-refractivity contribution in [2.24, 2.45) is 0 Å². The van der Waals surface area contributed by atoms with E-state index in [1.165, 1.54) is 0 Å². The van der Waals surface area contributed by atoms with Crippen LogP contribution in [0.3, 0.4) is 0 Å². The fourth-order valence-electron chi connectivity index (χ4n) is 3.19. The molecule has 1 amide bonds. The first-order valence-corrected chi connectivity index (χ1v) is 9.95. The van der Waals surface area contributed by atoms with Gasteiger partial charge in [0.15, 0.2) is 11.5 Å². The summed E-state index contributed by atoms with van der Waals surface area (Å²) in [5, 5.41) is 5.79. The van der Waals surface area contributed by atoms with Crippen molar-refractivity contribution in [3.05, 3.63) is 71.1 Å². The number of amides is 1. The number of nitrogens with zero attached hydrogens (tertiary/aromatic N) is 1. The molecule has 146 valence electrons. The number of hydrogen-bond donors (Lipinski definition) is 1. The van der Waals surface area contributed by atoms with Crippen LogP contribution in [0, 0.1) is 6.92 Å². The number of ether oxygens (including phenoxy) is 2. The molecular formula is C23H20N2O3S. The number of fused-ring (bicyclic) bond motifs is 1. The zero-order chi connectivity index (χ0) is 20.4. The van der Waals surface area contributed by atoms with Crippen LogP contribution in [0.15, 0.2) is 60.0 Å². The predicted molar refractivity (Wildman–Crippen MR) is 117 cm³/mol. The van der Waals surface area contributed by atoms with Gasteiger partial charge in [0.1, 0.15) is 0 Å². The topological polar surface area (TPSA) is 60.5 Å². The molecule has 0 spiro atoms. The maximum absolute atomic E-state index is 13.2. The van der Waals surface area contributed by atoms with Gasteiger partial charge in [-0.05, 0) is 48.7 Å². The Bertz CT molecular complexity index is 1190. The molecule has 0 atom stereocenters. The minimum Gasteiger partial charge on any atom is -0.493 e. The van der Waals surface area contributed by atoms with Crippen molar-refractivity contribution >= 4 is 33.8 Å². The molecule has 0 aliphatic carbocycles. The molecule has 2 aromatic carbocycles. The molecule has 2 aromatic heterocycles. The third kappa shape index (κ3) is 3.79. The highest BCUT2D eigenvalue weighted by Gasteiger charge is 2.16. The van der Waals surface area contributed by atoms with Crippen LogP contribution >= 0.6 is 11.3 Å². The first kappa shape index (κ1) is 19.0. The van der Waals surface area contributed by atoms with Crippen LogP contribution in [0.1, 0.15) is 15.9 Å². The highest BCUT2D eigenvalue weighted by atomic mass is 32.1. The normalized spacial score (nSPS) is 10.7. The largest absolute Gasteiger partial charge is 0.493 e. The Morgan fingerprint density at radius 3 is 2.55 bits per heavy atom. The Morgan fingerprint density at radius 2 is 1.83 bits per heavy atom. The standard InChI is InChI=1S/C23H20N2O3S/c1-14-6-8-18-16(11-14)17(13-19(25-18)22-5-4-10-29-22)23(26)24-15-7-9-20(27-2)21(12-15)28-3/h4-13H,1-3H3,(H,24,26). The van der Waals surface area contributed by atoms with Gasteiger partial charge in [0, 0.05) is 17.1 Å². The molecular weight excluding hydrogens is 384 g/mol. The van der Waals surface area contributed by atoms with E-state index in [0.29, 0.717) is 22.7 Å². The molecule has 29 heavy (non-hydrogen) atoms. The number of aryl methyl sites for hydroxylation is 1. The zero-order valence-corrected chi connectivity index (χ0v) is 17.2. The second-order valence-electron chi connectivity index (χ2n) is 6.58. The van der Waals surface area contributed by atoms with E-state index < -0.39 is 0 Å². The lowest BCUT2D eigenvalue weighted by Crippen LogP contribution is -2.13. The number of nitrogens with one attached hydrogen (secondary N) is 1. The molecule has 0 bridgehead atoms. The number of anilines is 1. The monoisotopic (exact) mass is 404 g/mol. The lowest BCUT2D eigenvalue weighted by atomic mass is 10.0. The maximum atomic E-state index is 13.2. The molecule has 0 saturated carbocycles. The van der Waals surface area contributed by atoms with E-state index in [2.05, 4.69) is 5.32 Å². The molecule has 0 aliphatic heterocycles. The zero-order valence-electron chi connectivity index (χ0n) is 16.4. The van der Waals surface area contributed by atoms with Crippen molar-refractivity contribution in [1.29, 1.82) is 0 Å². The number of carbonyl (C=O) groups excluding carboxylic acids is 1. The van der Waals surface area contributed by atoms with Crippen molar-refractivity contribution < 1.29 is 14.3 Å². The number of aromatic nitrogens is 1. The second kappa shape index (κ2) is 7.93. The van der Waals surface area contributed by atoms with Gasteiger partial charge in [-0.3, -0.25) is 4.79 Å². The molecule has 4 rings (SSSR count). The maximum Gasteiger partial charge on any atom is 0.256 e. The summed E-state index contributed by atoms with van der Waals surface area (Å²) >= 11 is 1.60. The average molecular weight is 404 g/mol. The predicted octanol–water partition coefficient (Wildman–Crippen LogP) is 5.54. The molecule has 0 unspecified atom stereocenters. The molecule has 2 heterocycles. The number of hydrogen-bond acceptors (Lipinski definition) is 5. The number of thiophene rings is 1. The Morgan fingerprint density at radius 1 is 1.00 bits per heavy atom. The van der Waals surface area contributed by atoms with Gasteiger partial charge in [-0.25, -0.2) is 4.98 Å². The number of carbonyl (C=O) groups is 1. The van der Waals surface area contributed by atoms with Crippen molar-refractivity contribution in [3.63, 3.8) is 0 Å². The SMILES string of the molecule is COc1ccc(NC(=O)c2cc(-c3cccs3)nc3ccc(C)cc23)cc1OC. The van der Waals surface area contributed by atoms with E-state index in [-0.39, 0.29) is 5.91 Å². The van der Waals surface area contributed by atoms with E-state index in [9.17, 15) is 4.79 Å². The first-order chi connectivity index (χ1) is 14.1. The minimum atomic E-state index is -0.201. The van der Waals surface area contributed by atoms with Crippen LogP contribution in [-0.4, -0.2) is 25.1 Å². The van der Waals surface area contributed by atoms with Gasteiger partial charge in [-0.1, -0.05) is 17.7 Å². The van der Waals surface area contributed by atoms with Crippen LogP contribution in [-0.2, 0) is 0 Å². The van der Waals surface area contributed by atoms with Crippen LogP contribution in [0.5, 0.6) is 11.5 Å². The van der Waals surface area contributed by atoms with Gasteiger partial charge in [-0.15, -0.1) is 11.3 Å². The summed E-state index contributed by atoms with van der Waals surface area (Å²) in [6.45, 7) is 2.00. The van der Waals surface area contributed by atoms with E-state index in [0.717, 1.165) is 27.0 Å². The minimum absolute atomic E-state index is 0.201. The fraction of sp³-hybridized carbons (Fsp3) is 0.130. The lowest BCUT2D eigenvalue weighted by molar-refractivity contribution is 0.102. The first-order valence-electron chi connectivity index (χ1n) is 9.07. The summed E-state index contributed by atoms with van der Waals surface area (Å²) in [5.41, 5.74) is 3.86. The average Bonchev–Trinajstić information content (AvgIpc) is 3.27. The molecule has 0 saturated heterocycles. The van der Waals surface area contributed by atoms with Gasteiger partial charge in [0.25, 0.3) is 5.91 Å². The molecule has 0 aliphatic rings. The molecule has 6 heteroatoms. The fourth-order valence-corrected chi connectivity index (χ4v) is 3.88. The number of methoxy groups -OCH3 is 2. The summed E-state index contributed by atoms with van der Waals surface area (Å²) in [5.74, 6) is 0.962. The van der Waals surface area contributed by atoms with Gasteiger partial charge in [-0.2, -0.15) is 0 Å². The Labute approximate surface area is 172 Å². The summed E-state index contributed by atoms with van der Waals surface area (Å²) in [6, 6.07) is 17.1. The van der Waals surface area contributed by atoms with Gasteiger partial charge >= 0.3 is 0 Å².